The van der Waals surface area contributed by atoms with Crippen molar-refractivity contribution in [3.05, 3.63) is 48.0 Å². The Morgan fingerprint density at radius 2 is 1.82 bits per heavy atom. The smallest absolute Gasteiger partial charge is 0.234 e. The molecule has 8 heteroatoms. The Morgan fingerprint density at radius 1 is 1.11 bits per heavy atom. The minimum atomic E-state index is -0.152. The van der Waals surface area contributed by atoms with Gasteiger partial charge in [-0.1, -0.05) is 35.5 Å². The third-order valence-electron chi connectivity index (χ3n) is 4.08. The summed E-state index contributed by atoms with van der Waals surface area (Å²) < 4.78 is 12.3. The quantitative estimate of drug-likeness (QED) is 0.614. The second-order valence-electron chi connectivity index (χ2n) is 6.17. The van der Waals surface area contributed by atoms with Gasteiger partial charge in [0.1, 0.15) is 11.5 Å². The van der Waals surface area contributed by atoms with Crippen molar-refractivity contribution in [3.63, 3.8) is 0 Å². The average Bonchev–Trinajstić information content (AvgIpc) is 3.06. The molecule has 3 aromatic rings. The van der Waals surface area contributed by atoms with Crippen LogP contribution in [-0.2, 0) is 11.8 Å². The largest absolute Gasteiger partial charge is 0.497 e. The predicted molar refractivity (Wildman–Crippen MR) is 110 cm³/mol. The number of methoxy groups -OCH3 is 2. The van der Waals surface area contributed by atoms with Crippen molar-refractivity contribution in [3.8, 4) is 22.9 Å². The second kappa shape index (κ2) is 8.79. The molecule has 2 aromatic carbocycles. The van der Waals surface area contributed by atoms with Gasteiger partial charge in [-0.2, -0.15) is 0 Å². The Bertz CT molecular complexity index is 965. The van der Waals surface area contributed by atoms with Crippen LogP contribution < -0.4 is 14.8 Å². The van der Waals surface area contributed by atoms with Crippen LogP contribution in [0, 0.1) is 6.92 Å². The van der Waals surface area contributed by atoms with Gasteiger partial charge in [0.25, 0.3) is 0 Å². The number of thioether (sulfide) groups is 1. The molecule has 1 amide bonds. The van der Waals surface area contributed by atoms with E-state index in [9.17, 15) is 4.79 Å². The van der Waals surface area contributed by atoms with Gasteiger partial charge in [0.05, 0.1) is 20.0 Å². The highest BCUT2D eigenvalue weighted by Gasteiger charge is 2.13. The zero-order valence-corrected chi connectivity index (χ0v) is 17.0. The molecule has 0 atom stereocenters. The summed E-state index contributed by atoms with van der Waals surface area (Å²) in [6, 6.07) is 13.3. The van der Waals surface area contributed by atoms with E-state index in [1.54, 1.807) is 32.4 Å². The van der Waals surface area contributed by atoms with Gasteiger partial charge in [-0.25, -0.2) is 0 Å². The van der Waals surface area contributed by atoms with Crippen LogP contribution in [0.1, 0.15) is 5.56 Å². The minimum absolute atomic E-state index is 0.152. The summed E-state index contributed by atoms with van der Waals surface area (Å²) in [6.45, 7) is 2.04. The molecule has 0 bridgehead atoms. The first-order valence-corrected chi connectivity index (χ1v) is 9.61. The fraction of sp³-hybridized carbons (Fsp3) is 0.250. The number of aryl methyl sites for hydroxylation is 1. The molecule has 7 nitrogen and oxygen atoms in total. The number of aromatic nitrogens is 3. The summed E-state index contributed by atoms with van der Waals surface area (Å²) in [4.78, 5) is 12.3. The molecule has 0 unspecified atom stereocenters. The number of carbonyl (C=O) groups excluding carboxylic acids is 1. The van der Waals surface area contributed by atoms with Crippen LogP contribution in [0.3, 0.4) is 0 Å². The molecule has 28 heavy (non-hydrogen) atoms. The van der Waals surface area contributed by atoms with Crippen molar-refractivity contribution in [1.82, 2.24) is 14.8 Å². The number of carbonyl (C=O) groups is 1. The van der Waals surface area contributed by atoms with E-state index >= 15 is 0 Å². The maximum Gasteiger partial charge on any atom is 0.234 e. The van der Waals surface area contributed by atoms with Crippen molar-refractivity contribution in [2.24, 2.45) is 7.05 Å². The molecule has 0 aliphatic rings. The van der Waals surface area contributed by atoms with Gasteiger partial charge in [0.15, 0.2) is 11.0 Å². The van der Waals surface area contributed by atoms with Crippen LogP contribution in [0.25, 0.3) is 11.4 Å². The molecular weight excluding hydrogens is 376 g/mol. The first kappa shape index (κ1) is 19.8. The molecule has 0 aliphatic heterocycles. The normalized spacial score (nSPS) is 10.6. The van der Waals surface area contributed by atoms with Crippen LogP contribution in [0.2, 0.25) is 0 Å². The Morgan fingerprint density at radius 3 is 2.46 bits per heavy atom. The molecule has 0 saturated heterocycles. The highest BCUT2D eigenvalue weighted by atomic mass is 32.2. The summed E-state index contributed by atoms with van der Waals surface area (Å²) in [5.74, 6) is 2.04. The zero-order valence-electron chi connectivity index (χ0n) is 16.2. The summed E-state index contributed by atoms with van der Waals surface area (Å²) >= 11 is 1.33. The first-order chi connectivity index (χ1) is 13.5. The SMILES string of the molecule is COc1cc(NC(=O)CSc2nnc(-c3cccc(C)c3)n2C)cc(OC)c1. The standard InChI is InChI=1S/C20H22N4O3S/c1-13-6-5-7-14(8-13)19-22-23-20(24(19)2)28-12-18(25)21-15-9-16(26-3)11-17(10-15)27-4/h5-11H,12H2,1-4H3,(H,21,25). The van der Waals surface area contributed by atoms with E-state index in [2.05, 4.69) is 21.6 Å². The molecule has 0 saturated carbocycles. The number of hydrogen-bond donors (Lipinski definition) is 1. The topological polar surface area (TPSA) is 78.3 Å². The van der Waals surface area contributed by atoms with Crippen LogP contribution in [-0.4, -0.2) is 40.6 Å². The highest BCUT2D eigenvalue weighted by molar-refractivity contribution is 7.99. The third-order valence-corrected chi connectivity index (χ3v) is 5.10. The van der Waals surface area contributed by atoms with Crippen LogP contribution in [0.4, 0.5) is 5.69 Å². The molecule has 1 heterocycles. The van der Waals surface area contributed by atoms with Crippen LogP contribution in [0.15, 0.2) is 47.6 Å². The van der Waals surface area contributed by atoms with Gasteiger partial charge in [0, 0.05) is 36.5 Å². The minimum Gasteiger partial charge on any atom is -0.497 e. The molecule has 1 aromatic heterocycles. The van der Waals surface area contributed by atoms with E-state index in [4.69, 9.17) is 9.47 Å². The Kier molecular flexibility index (Phi) is 6.20. The van der Waals surface area contributed by atoms with Gasteiger partial charge in [-0.15, -0.1) is 10.2 Å². The van der Waals surface area contributed by atoms with Gasteiger partial charge in [0.2, 0.25) is 5.91 Å². The number of nitrogens with zero attached hydrogens (tertiary/aromatic N) is 3. The van der Waals surface area contributed by atoms with E-state index in [1.807, 2.05) is 36.7 Å². The van der Waals surface area contributed by atoms with Crippen molar-refractivity contribution in [2.45, 2.75) is 12.1 Å². The monoisotopic (exact) mass is 398 g/mol. The van der Waals surface area contributed by atoms with E-state index < -0.39 is 0 Å². The molecule has 3 rings (SSSR count). The molecule has 0 fully saturated rings. The van der Waals surface area contributed by atoms with Gasteiger partial charge in [-0.05, 0) is 13.0 Å². The first-order valence-electron chi connectivity index (χ1n) is 8.62. The highest BCUT2D eigenvalue weighted by Crippen LogP contribution is 2.27. The van der Waals surface area contributed by atoms with Gasteiger partial charge < -0.3 is 19.4 Å². The fourth-order valence-electron chi connectivity index (χ4n) is 2.68. The number of benzene rings is 2. The second-order valence-corrected chi connectivity index (χ2v) is 7.12. The van der Waals surface area contributed by atoms with Crippen molar-refractivity contribution in [2.75, 3.05) is 25.3 Å². The summed E-state index contributed by atoms with van der Waals surface area (Å²) in [7, 11) is 5.02. The molecule has 0 spiro atoms. The number of ether oxygens (including phenoxy) is 2. The van der Waals surface area contributed by atoms with Crippen molar-refractivity contribution >= 4 is 23.4 Å². The zero-order chi connectivity index (χ0) is 20.1. The van der Waals surface area contributed by atoms with E-state index in [-0.39, 0.29) is 11.7 Å². The van der Waals surface area contributed by atoms with E-state index in [0.717, 1.165) is 17.0 Å². The van der Waals surface area contributed by atoms with Crippen molar-refractivity contribution in [1.29, 1.82) is 0 Å². The summed E-state index contributed by atoms with van der Waals surface area (Å²) in [6.07, 6.45) is 0. The molecular formula is C20H22N4O3S. The number of rotatable bonds is 7. The Balaban J connectivity index is 1.66. The molecule has 1 N–H and O–H groups in total. The van der Waals surface area contributed by atoms with Crippen molar-refractivity contribution < 1.29 is 14.3 Å². The van der Waals surface area contributed by atoms with E-state index in [1.165, 1.54) is 11.8 Å². The van der Waals surface area contributed by atoms with Gasteiger partial charge in [-0.3, -0.25) is 4.79 Å². The number of hydrogen-bond acceptors (Lipinski definition) is 6. The molecule has 0 aliphatic carbocycles. The third kappa shape index (κ3) is 4.64. The predicted octanol–water partition coefficient (Wildman–Crippen LogP) is 3.54. The number of amides is 1. The lowest BCUT2D eigenvalue weighted by Crippen LogP contribution is -2.14. The molecule has 146 valence electrons. The maximum atomic E-state index is 12.3. The van der Waals surface area contributed by atoms with Gasteiger partial charge >= 0.3 is 0 Å². The number of nitrogens with one attached hydrogen (secondary N) is 1. The van der Waals surface area contributed by atoms with E-state index in [0.29, 0.717) is 22.3 Å². The summed E-state index contributed by atoms with van der Waals surface area (Å²) in [5.41, 5.74) is 2.76. The lowest BCUT2D eigenvalue weighted by molar-refractivity contribution is -0.113. The Labute approximate surface area is 168 Å². The maximum absolute atomic E-state index is 12.3. The summed E-state index contributed by atoms with van der Waals surface area (Å²) in [5, 5.41) is 12.0. The number of anilines is 1. The fourth-order valence-corrected chi connectivity index (χ4v) is 3.39. The lowest BCUT2D eigenvalue weighted by atomic mass is 10.1. The van der Waals surface area contributed by atoms with Crippen LogP contribution >= 0.6 is 11.8 Å². The average molecular weight is 398 g/mol. The Hall–Kier alpha value is -3.00. The lowest BCUT2D eigenvalue weighted by Gasteiger charge is -2.10. The van der Waals surface area contributed by atoms with Crippen LogP contribution in [0.5, 0.6) is 11.5 Å². The molecule has 0 radical (unpaired) electrons.